The average molecular weight is 298 g/mol. The molecule has 7 nitrogen and oxygen atoms in total. The van der Waals surface area contributed by atoms with E-state index >= 15 is 0 Å². The molecule has 7 heteroatoms. The number of amides is 1. The van der Waals surface area contributed by atoms with Crippen LogP contribution >= 0.6 is 0 Å². The van der Waals surface area contributed by atoms with Crippen molar-refractivity contribution >= 4 is 22.9 Å². The molecule has 0 radical (unpaired) electrons. The minimum Gasteiger partial charge on any atom is -0.507 e. The van der Waals surface area contributed by atoms with Crippen LogP contribution in [0.3, 0.4) is 0 Å². The number of aromatic nitrogens is 3. The molecule has 0 saturated heterocycles. The third-order valence-electron chi connectivity index (χ3n) is 3.50. The number of aromatic amines is 1. The third-order valence-corrected chi connectivity index (χ3v) is 3.50. The van der Waals surface area contributed by atoms with Crippen molar-refractivity contribution in [1.29, 1.82) is 0 Å². The van der Waals surface area contributed by atoms with E-state index in [1.54, 1.807) is 13.0 Å². The molecule has 2 heterocycles. The van der Waals surface area contributed by atoms with Crippen LogP contribution in [0.25, 0.3) is 11.0 Å². The summed E-state index contributed by atoms with van der Waals surface area (Å²) in [4.78, 5) is 31.5. The van der Waals surface area contributed by atoms with E-state index in [9.17, 15) is 14.7 Å². The van der Waals surface area contributed by atoms with Gasteiger partial charge in [-0.25, -0.2) is 4.98 Å². The Bertz CT molecular complexity index is 907. The zero-order valence-electron chi connectivity index (χ0n) is 12.0. The Balaban J connectivity index is 1.98. The number of para-hydroxylation sites is 2. The fourth-order valence-corrected chi connectivity index (χ4v) is 2.20. The summed E-state index contributed by atoms with van der Waals surface area (Å²) in [6.07, 6.45) is 0. The lowest BCUT2D eigenvalue weighted by molar-refractivity contribution is 0.102. The van der Waals surface area contributed by atoms with Crippen LogP contribution in [-0.4, -0.2) is 25.5 Å². The summed E-state index contributed by atoms with van der Waals surface area (Å²) >= 11 is 0. The van der Waals surface area contributed by atoms with Crippen LogP contribution in [0.2, 0.25) is 0 Å². The summed E-state index contributed by atoms with van der Waals surface area (Å²) in [7, 11) is 1.54. The average Bonchev–Trinajstić information content (AvgIpc) is 2.87. The van der Waals surface area contributed by atoms with Gasteiger partial charge in [0.05, 0.1) is 11.0 Å². The van der Waals surface area contributed by atoms with Crippen LogP contribution in [0.4, 0.5) is 5.95 Å². The summed E-state index contributed by atoms with van der Waals surface area (Å²) in [6.45, 7) is 1.67. The molecule has 0 aliphatic heterocycles. The van der Waals surface area contributed by atoms with Crippen molar-refractivity contribution in [1.82, 2.24) is 14.5 Å². The van der Waals surface area contributed by atoms with Crippen molar-refractivity contribution in [2.45, 2.75) is 6.92 Å². The van der Waals surface area contributed by atoms with Gasteiger partial charge in [0, 0.05) is 18.8 Å². The number of aryl methyl sites for hydroxylation is 1. The zero-order chi connectivity index (χ0) is 15.9. The third kappa shape index (κ3) is 2.22. The molecule has 3 rings (SSSR count). The zero-order valence-corrected chi connectivity index (χ0v) is 12.0. The molecule has 0 aliphatic carbocycles. The number of fused-ring (bicyclic) bond motifs is 1. The quantitative estimate of drug-likeness (QED) is 0.668. The largest absolute Gasteiger partial charge is 0.507 e. The molecule has 3 aromatic rings. The topological polar surface area (TPSA) is 100 Å². The second kappa shape index (κ2) is 5.03. The summed E-state index contributed by atoms with van der Waals surface area (Å²) in [6, 6.07) is 8.66. The van der Waals surface area contributed by atoms with Crippen molar-refractivity contribution < 1.29 is 9.90 Å². The fourth-order valence-electron chi connectivity index (χ4n) is 2.20. The Morgan fingerprint density at radius 2 is 2.09 bits per heavy atom. The van der Waals surface area contributed by atoms with Crippen LogP contribution in [0, 0.1) is 6.92 Å². The van der Waals surface area contributed by atoms with Gasteiger partial charge in [-0.1, -0.05) is 12.1 Å². The molecule has 3 N–H and O–H groups in total. The normalized spacial score (nSPS) is 10.8. The molecular weight excluding hydrogens is 284 g/mol. The molecule has 0 atom stereocenters. The monoisotopic (exact) mass is 298 g/mol. The molecule has 112 valence electrons. The van der Waals surface area contributed by atoms with Gasteiger partial charge < -0.3 is 14.7 Å². The Hall–Kier alpha value is -3.09. The molecule has 0 saturated carbocycles. The first-order chi connectivity index (χ1) is 10.5. The van der Waals surface area contributed by atoms with Gasteiger partial charge >= 0.3 is 0 Å². The van der Waals surface area contributed by atoms with Gasteiger partial charge in [-0.05, 0) is 19.1 Å². The number of H-pyrrole nitrogens is 1. The molecule has 1 aromatic carbocycles. The smallest absolute Gasteiger partial charge is 0.267 e. The predicted molar refractivity (Wildman–Crippen MR) is 82.1 cm³/mol. The minimum atomic E-state index is -0.711. The van der Waals surface area contributed by atoms with Crippen molar-refractivity contribution in [3.8, 4) is 5.75 Å². The van der Waals surface area contributed by atoms with E-state index in [-0.39, 0.29) is 17.3 Å². The number of nitrogens with one attached hydrogen (secondary N) is 2. The van der Waals surface area contributed by atoms with Gasteiger partial charge in [0.25, 0.3) is 11.5 Å². The van der Waals surface area contributed by atoms with E-state index in [1.165, 1.54) is 17.7 Å². The van der Waals surface area contributed by atoms with Gasteiger partial charge in [-0.15, -0.1) is 0 Å². The SMILES string of the molecule is Cc1cc(O)c(C(=O)Nc2nc3ccccc3[nH]2)c(=O)n1C. The van der Waals surface area contributed by atoms with E-state index < -0.39 is 11.5 Å². The molecule has 0 aliphatic rings. The van der Waals surface area contributed by atoms with Crippen molar-refractivity contribution in [2.24, 2.45) is 7.05 Å². The Morgan fingerprint density at radius 1 is 1.36 bits per heavy atom. The maximum atomic E-state index is 12.3. The molecule has 22 heavy (non-hydrogen) atoms. The van der Waals surface area contributed by atoms with Crippen LogP contribution in [0.1, 0.15) is 16.1 Å². The Kier molecular flexibility index (Phi) is 3.17. The van der Waals surface area contributed by atoms with Crippen LogP contribution in [-0.2, 0) is 7.05 Å². The lowest BCUT2D eigenvalue weighted by atomic mass is 10.2. The van der Waals surface area contributed by atoms with Gasteiger partial charge in [-0.3, -0.25) is 14.9 Å². The van der Waals surface area contributed by atoms with Crippen molar-refractivity contribution in [3.05, 3.63) is 51.9 Å². The lowest BCUT2D eigenvalue weighted by Crippen LogP contribution is -2.29. The summed E-state index contributed by atoms with van der Waals surface area (Å²) in [5.74, 6) is -0.848. The predicted octanol–water partition coefficient (Wildman–Crippen LogP) is 1.53. The molecular formula is C15H14N4O3. The molecule has 0 unspecified atom stereocenters. The first-order valence-corrected chi connectivity index (χ1v) is 6.63. The number of hydrogen-bond acceptors (Lipinski definition) is 4. The van der Waals surface area contributed by atoms with Crippen LogP contribution in [0.15, 0.2) is 35.1 Å². The van der Waals surface area contributed by atoms with Gasteiger partial charge in [-0.2, -0.15) is 0 Å². The summed E-state index contributed by atoms with van der Waals surface area (Å²) < 4.78 is 1.30. The first-order valence-electron chi connectivity index (χ1n) is 6.63. The van der Waals surface area contributed by atoms with Crippen LogP contribution < -0.4 is 10.9 Å². The van der Waals surface area contributed by atoms with Crippen LogP contribution in [0.5, 0.6) is 5.75 Å². The van der Waals surface area contributed by atoms with E-state index in [0.29, 0.717) is 11.2 Å². The Labute approximate surface area is 125 Å². The van der Waals surface area contributed by atoms with Gasteiger partial charge in [0.15, 0.2) is 0 Å². The highest BCUT2D eigenvalue weighted by Crippen LogP contribution is 2.17. The second-order valence-corrected chi connectivity index (χ2v) is 4.97. The number of aromatic hydroxyl groups is 1. The number of benzene rings is 1. The number of anilines is 1. The van der Waals surface area contributed by atoms with Gasteiger partial charge in [0.2, 0.25) is 5.95 Å². The highest BCUT2D eigenvalue weighted by atomic mass is 16.3. The number of pyridine rings is 1. The highest BCUT2D eigenvalue weighted by Gasteiger charge is 2.19. The number of nitrogens with zero attached hydrogens (tertiary/aromatic N) is 2. The maximum Gasteiger partial charge on any atom is 0.267 e. The molecule has 1 amide bonds. The summed E-state index contributed by atoms with van der Waals surface area (Å²) in [5, 5.41) is 12.4. The second-order valence-electron chi connectivity index (χ2n) is 4.97. The lowest BCUT2D eigenvalue weighted by Gasteiger charge is -2.08. The molecule has 0 spiro atoms. The maximum absolute atomic E-state index is 12.3. The fraction of sp³-hybridized carbons (Fsp3) is 0.133. The van der Waals surface area contributed by atoms with Gasteiger partial charge in [0.1, 0.15) is 11.3 Å². The molecule has 0 bridgehead atoms. The first kappa shape index (κ1) is 13.9. The van der Waals surface area contributed by atoms with E-state index in [1.807, 2.05) is 18.2 Å². The van der Waals surface area contributed by atoms with E-state index in [4.69, 9.17) is 0 Å². The number of carbonyl (C=O) groups excluding carboxylic acids is 1. The summed E-state index contributed by atoms with van der Waals surface area (Å²) in [5.41, 5.74) is 1.14. The van der Waals surface area contributed by atoms with Crippen molar-refractivity contribution in [3.63, 3.8) is 0 Å². The number of carbonyl (C=O) groups is 1. The number of hydrogen-bond donors (Lipinski definition) is 3. The molecule has 2 aromatic heterocycles. The van der Waals surface area contributed by atoms with E-state index in [2.05, 4.69) is 15.3 Å². The number of rotatable bonds is 2. The number of imidazole rings is 1. The minimum absolute atomic E-state index is 0.216. The van der Waals surface area contributed by atoms with Crippen molar-refractivity contribution in [2.75, 3.05) is 5.32 Å². The highest BCUT2D eigenvalue weighted by molar-refractivity contribution is 6.05. The van der Waals surface area contributed by atoms with E-state index in [0.717, 1.165) is 5.52 Å². The standard InChI is InChI=1S/C15H14N4O3/c1-8-7-11(20)12(14(22)19(8)2)13(21)18-15-16-9-5-3-4-6-10(9)17-15/h3-7,20H,1-2H3,(H2,16,17,18,21). The Morgan fingerprint density at radius 3 is 2.82 bits per heavy atom. The molecule has 0 fully saturated rings.